The third-order valence-electron chi connectivity index (χ3n) is 7.96. The summed E-state index contributed by atoms with van der Waals surface area (Å²) in [5, 5.41) is 0. The lowest BCUT2D eigenvalue weighted by Crippen LogP contribution is -2.61. The molecule has 0 spiro atoms. The number of rotatable bonds is 5. The van der Waals surface area contributed by atoms with Gasteiger partial charge < -0.3 is 23.8 Å². The quantitative estimate of drug-likeness (QED) is 0.261. The highest BCUT2D eigenvalue weighted by atomic mass is 32.2. The van der Waals surface area contributed by atoms with E-state index in [1.165, 1.54) is 25.1 Å². The number of benzene rings is 1. The molecule has 57 heavy (non-hydrogen) atoms. The number of anilines is 1. The van der Waals surface area contributed by atoms with E-state index in [2.05, 4.69) is 4.72 Å². The maximum Gasteiger partial charge on any atom is 0.485 e. The number of hydrogen-bond acceptors (Lipinski definition) is 11. The van der Waals surface area contributed by atoms with Crippen molar-refractivity contribution in [3.63, 3.8) is 0 Å². The highest BCUT2D eigenvalue weighted by Gasteiger charge is 2.42. The fourth-order valence-corrected chi connectivity index (χ4v) is 8.64. The molecule has 2 amide bonds. The van der Waals surface area contributed by atoms with Crippen LogP contribution >= 0.6 is 0 Å². The van der Waals surface area contributed by atoms with E-state index >= 15 is 0 Å². The summed E-state index contributed by atoms with van der Waals surface area (Å²) in [5.74, 6) is 0. The van der Waals surface area contributed by atoms with Crippen molar-refractivity contribution in [2.24, 2.45) is 7.05 Å². The molecule has 2 saturated heterocycles. The molecule has 1 aromatic heterocycles. The van der Waals surface area contributed by atoms with E-state index in [4.69, 9.17) is 22.4 Å². The van der Waals surface area contributed by atoms with Crippen molar-refractivity contribution in [2.75, 3.05) is 30.9 Å². The molecule has 326 valence electrons. The van der Waals surface area contributed by atoms with E-state index < -0.39 is 59.4 Å². The first kappa shape index (κ1) is 49.4. The predicted molar refractivity (Wildman–Crippen MR) is 202 cm³/mol. The molecule has 4 rings (SSSR count). The average molecular weight is 878 g/mol. The first-order valence-corrected chi connectivity index (χ1v) is 21.8. The van der Waals surface area contributed by atoms with Crippen molar-refractivity contribution in [3.05, 3.63) is 49.1 Å². The first-order chi connectivity index (χ1) is 25.7. The van der Waals surface area contributed by atoms with Crippen LogP contribution in [0.15, 0.2) is 49.1 Å². The van der Waals surface area contributed by atoms with Crippen LogP contribution in [0, 0.1) is 0 Å². The zero-order chi connectivity index (χ0) is 44.1. The topological polar surface area (TPSA) is 212 Å². The van der Waals surface area contributed by atoms with Crippen molar-refractivity contribution in [1.82, 2.24) is 22.4 Å². The monoisotopic (exact) mass is 877 g/mol. The zero-order valence-electron chi connectivity index (χ0n) is 33.8. The number of alkyl halides is 3. The molecule has 0 bridgehead atoms. The van der Waals surface area contributed by atoms with Gasteiger partial charge in [-0.25, -0.2) is 22.6 Å². The molecule has 0 radical (unpaired) electrons. The van der Waals surface area contributed by atoms with Crippen LogP contribution in [0.2, 0.25) is 0 Å². The third kappa shape index (κ3) is 14.6. The van der Waals surface area contributed by atoms with Crippen LogP contribution in [-0.4, -0.2) is 131 Å². The van der Waals surface area contributed by atoms with Gasteiger partial charge in [-0.15, -0.1) is 3.97 Å². The lowest BCUT2D eigenvalue weighted by atomic mass is 10.1. The molecule has 3 heterocycles. The van der Waals surface area contributed by atoms with Gasteiger partial charge >= 0.3 is 38.1 Å². The van der Waals surface area contributed by atoms with Crippen LogP contribution in [0.4, 0.5) is 28.4 Å². The molecular formula is C33H54F3N7O11S3. The predicted octanol–water partition coefficient (Wildman–Crippen LogP) is 3.46. The molecule has 0 unspecified atom stereocenters. The van der Waals surface area contributed by atoms with Crippen molar-refractivity contribution >= 4 is 48.4 Å². The number of ether oxygens (including phenoxy) is 2. The minimum atomic E-state index is -6.09. The van der Waals surface area contributed by atoms with Gasteiger partial charge in [-0.05, 0) is 81.4 Å². The Kier molecular flexibility index (Phi) is 16.0. The number of imidazole rings is 1. The second-order valence-corrected chi connectivity index (χ2v) is 20.5. The largest absolute Gasteiger partial charge is 0.741 e. The number of nitrogens with one attached hydrogen (secondary N) is 1. The van der Waals surface area contributed by atoms with Gasteiger partial charge in [0.05, 0.1) is 7.05 Å². The van der Waals surface area contributed by atoms with Crippen LogP contribution in [0.25, 0.3) is 0 Å². The number of piperazine rings is 2. The summed E-state index contributed by atoms with van der Waals surface area (Å²) >= 11 is 0. The lowest BCUT2D eigenvalue weighted by molar-refractivity contribution is -0.670. The van der Waals surface area contributed by atoms with E-state index in [9.17, 15) is 39.6 Å². The van der Waals surface area contributed by atoms with Gasteiger partial charge in [0.15, 0.2) is 10.1 Å². The second-order valence-electron chi connectivity index (χ2n) is 15.6. The number of carbonyl (C=O) groups excluding carboxylic acids is 2. The van der Waals surface area contributed by atoms with Crippen LogP contribution in [0.3, 0.4) is 0 Å². The molecule has 2 aromatic rings. The van der Waals surface area contributed by atoms with Crippen LogP contribution in [0.5, 0.6) is 0 Å². The molecule has 4 atom stereocenters. The fraction of sp³-hybridized carbons (Fsp3) is 0.667. The van der Waals surface area contributed by atoms with Gasteiger partial charge in [-0.3, -0.25) is 4.72 Å². The maximum absolute atomic E-state index is 12.7. The minimum Gasteiger partial charge on any atom is -0.741 e. The van der Waals surface area contributed by atoms with E-state index in [1.54, 1.807) is 51.9 Å². The molecule has 2 fully saturated rings. The van der Waals surface area contributed by atoms with E-state index in [-0.39, 0.29) is 50.3 Å². The van der Waals surface area contributed by atoms with Gasteiger partial charge in [0, 0.05) is 56.0 Å². The lowest BCUT2D eigenvalue weighted by Gasteiger charge is -2.43. The van der Waals surface area contributed by atoms with Gasteiger partial charge in [-0.2, -0.15) is 38.6 Å². The first-order valence-electron chi connectivity index (χ1n) is 17.6. The van der Waals surface area contributed by atoms with Crippen LogP contribution in [0.1, 0.15) is 69.2 Å². The number of hydrogen-bond donors (Lipinski definition) is 1. The van der Waals surface area contributed by atoms with Crippen LogP contribution < -0.4 is 9.29 Å². The molecule has 2 aliphatic rings. The maximum atomic E-state index is 12.7. The zero-order valence-corrected chi connectivity index (χ0v) is 36.2. The van der Waals surface area contributed by atoms with Gasteiger partial charge in [0.25, 0.3) is 6.33 Å². The Bertz CT molecular complexity index is 1980. The molecule has 0 aliphatic carbocycles. The number of carbonyl (C=O) groups is 2. The van der Waals surface area contributed by atoms with Gasteiger partial charge in [0.1, 0.15) is 23.6 Å². The Labute approximate surface area is 333 Å². The number of amides is 2. The molecule has 18 nitrogen and oxygen atoms in total. The Morgan fingerprint density at radius 1 is 0.737 bits per heavy atom. The van der Waals surface area contributed by atoms with Crippen molar-refractivity contribution in [3.8, 4) is 0 Å². The minimum absolute atomic E-state index is 0.214. The van der Waals surface area contributed by atoms with Gasteiger partial charge in [0.2, 0.25) is 0 Å². The third-order valence-corrected chi connectivity index (χ3v) is 11.7. The molecule has 2 aliphatic heterocycles. The Morgan fingerprint density at radius 3 is 1.42 bits per heavy atom. The van der Waals surface area contributed by atoms with Gasteiger partial charge in [-0.1, -0.05) is 18.2 Å². The summed E-state index contributed by atoms with van der Waals surface area (Å²) in [6, 6.07) is 7.62. The highest BCUT2D eigenvalue weighted by Crippen LogP contribution is 2.24. The summed E-state index contributed by atoms with van der Waals surface area (Å²) in [6.07, 6.45) is 3.85. The SMILES string of the molecule is C[C@@H]1CN(S(=O)(=O)Nc2ccccc2)C[C@H](C)N1C(=O)OC(C)(C)C.C[C@@H]1CN(S(=O)(=O)n2cc[n+](C)c2)C[C@H](C)N1C(=O)OC(C)(C)C.O=S(=O)([O-])C(F)(F)F. The number of halogens is 3. The molecule has 1 aromatic carbocycles. The van der Waals surface area contributed by atoms with E-state index in [1.807, 2.05) is 75.3 Å². The second kappa shape index (κ2) is 18.5. The Morgan fingerprint density at radius 2 is 1.11 bits per heavy atom. The highest BCUT2D eigenvalue weighted by molar-refractivity contribution is 7.90. The van der Waals surface area contributed by atoms with E-state index in [0.717, 1.165) is 0 Å². The van der Waals surface area contributed by atoms with Crippen molar-refractivity contribution in [1.29, 1.82) is 0 Å². The summed E-state index contributed by atoms with van der Waals surface area (Å²) in [4.78, 5) is 28.0. The molecule has 24 heteroatoms. The van der Waals surface area contributed by atoms with Crippen molar-refractivity contribution in [2.45, 2.75) is 110 Å². The summed E-state index contributed by atoms with van der Waals surface area (Å²) in [7, 11) is -11.7. The van der Waals surface area contributed by atoms with Crippen molar-refractivity contribution < 1.29 is 66.6 Å². The number of aryl methyl sites for hydroxylation is 1. The fourth-order valence-electron chi connectivity index (χ4n) is 5.70. The Balaban J connectivity index is 0.000000331. The number of nitrogens with zero attached hydrogens (tertiary/aromatic N) is 6. The summed E-state index contributed by atoms with van der Waals surface area (Å²) < 4.78 is 129. The number of aromatic nitrogens is 2. The molecule has 1 N–H and O–H groups in total. The van der Waals surface area contributed by atoms with E-state index in [0.29, 0.717) is 5.69 Å². The normalized spacial score (nSPS) is 21.7. The average Bonchev–Trinajstić information content (AvgIpc) is 3.45. The standard InChI is InChI=1S/C17H27N3O4S.C15H27N4O4S.CHF3O3S/c1-13-11-19(25(22,23)18-15-9-7-6-8-10-15)12-14(2)20(13)16(21)24-17(3,4)5;1-12-9-18(24(21,22)17-8-7-16(6)11-17)10-13(2)19(12)14(20)23-15(3,4)5;2-1(3,4)8(5,6)7/h6-10,13-14,18H,11-12H2,1-5H3;7-8,11-13H,9-10H2,1-6H3;(H,5,6,7)/q;+1;/p-1/t13-,14+;12-,13+;. The Hall–Kier alpha value is -3.71. The smallest absolute Gasteiger partial charge is 0.485 e. The summed E-state index contributed by atoms with van der Waals surface area (Å²) in [5.41, 5.74) is -6.31. The van der Waals surface area contributed by atoms with Crippen LogP contribution in [-0.2, 0) is 47.1 Å². The molecule has 0 saturated carbocycles. The molecular weight excluding hydrogens is 824 g/mol. The summed E-state index contributed by atoms with van der Waals surface area (Å²) in [6.45, 7) is 19.1. The number of para-hydroxylation sites is 1.